The second kappa shape index (κ2) is 18.1. The lowest BCUT2D eigenvalue weighted by Gasteiger charge is -2.21. The van der Waals surface area contributed by atoms with E-state index in [4.69, 9.17) is 33.2 Å². The summed E-state index contributed by atoms with van der Waals surface area (Å²) in [5, 5.41) is 3.02. The molecule has 12 nitrogen and oxygen atoms in total. The van der Waals surface area contributed by atoms with Gasteiger partial charge in [0.05, 0.1) is 13.7 Å². The van der Waals surface area contributed by atoms with Crippen LogP contribution in [0.5, 0.6) is 11.5 Å². The summed E-state index contributed by atoms with van der Waals surface area (Å²) < 4.78 is 36.5. The van der Waals surface area contributed by atoms with E-state index in [1.165, 1.54) is 19.2 Å². The summed E-state index contributed by atoms with van der Waals surface area (Å²) in [6.45, 7) is 16.8. The van der Waals surface area contributed by atoms with Gasteiger partial charge in [-0.1, -0.05) is 47.6 Å². The Morgan fingerprint density at radius 2 is 1.29 bits per heavy atom. The Morgan fingerprint density at radius 3 is 1.79 bits per heavy atom. The predicted molar refractivity (Wildman–Crippen MR) is 154 cm³/mol. The van der Waals surface area contributed by atoms with Crippen LogP contribution >= 0.6 is 0 Å². The molecule has 0 amide bonds. The van der Waals surface area contributed by atoms with E-state index >= 15 is 0 Å². The molecule has 0 aliphatic rings. The lowest BCUT2D eigenvalue weighted by molar-refractivity contribution is -0.143. The Bertz CT molecular complexity index is 1020. The number of carbonyl (C=O) groups excluding carboxylic acids is 4. The van der Waals surface area contributed by atoms with Gasteiger partial charge in [0.2, 0.25) is 0 Å². The first-order chi connectivity index (χ1) is 19.6. The largest absolute Gasteiger partial charge is 0.514 e. The van der Waals surface area contributed by atoms with Crippen molar-refractivity contribution in [2.45, 2.75) is 93.1 Å². The summed E-state index contributed by atoms with van der Waals surface area (Å²) in [6.07, 6.45) is -4.10. The van der Waals surface area contributed by atoms with Gasteiger partial charge in [-0.2, -0.15) is 0 Å². The Balaban J connectivity index is 3.09. The van der Waals surface area contributed by atoms with Crippen molar-refractivity contribution in [1.82, 2.24) is 5.32 Å². The number of carbonyl (C=O) groups is 4. The third-order valence-corrected chi connectivity index (χ3v) is 6.25. The van der Waals surface area contributed by atoms with Gasteiger partial charge >= 0.3 is 24.4 Å². The van der Waals surface area contributed by atoms with Crippen LogP contribution in [0.1, 0.15) is 67.9 Å². The fourth-order valence-electron chi connectivity index (χ4n) is 3.05. The van der Waals surface area contributed by atoms with Crippen molar-refractivity contribution in [2.75, 3.05) is 20.3 Å². The zero-order chi connectivity index (χ0) is 32.0. The zero-order valence-electron chi connectivity index (χ0n) is 26.4. The molecule has 1 aromatic carbocycles. The maximum Gasteiger partial charge on any atom is 0.514 e. The molecule has 1 N–H and O–H groups in total. The highest BCUT2D eigenvalue weighted by Gasteiger charge is 2.25. The van der Waals surface area contributed by atoms with Crippen molar-refractivity contribution in [2.24, 2.45) is 17.8 Å². The van der Waals surface area contributed by atoms with Crippen LogP contribution in [0.4, 0.5) is 14.4 Å². The topological polar surface area (TPSA) is 145 Å². The van der Waals surface area contributed by atoms with Crippen LogP contribution in [0.15, 0.2) is 18.2 Å². The van der Waals surface area contributed by atoms with E-state index in [-0.39, 0.29) is 48.8 Å². The SMILES string of the molecule is COC(=O)[C@H](Cc1ccc(OC(=O)OC(C)C(C)C)c(OC(=O)OC(C)C(C)C)c1)NCC(C)OC(=O)OCC(C)C. The lowest BCUT2D eigenvalue weighted by atomic mass is 10.0. The van der Waals surface area contributed by atoms with Crippen molar-refractivity contribution in [1.29, 1.82) is 0 Å². The average molecular weight is 598 g/mol. The first-order valence-corrected chi connectivity index (χ1v) is 14.2. The van der Waals surface area contributed by atoms with Crippen LogP contribution in [0.25, 0.3) is 0 Å². The van der Waals surface area contributed by atoms with Crippen molar-refractivity contribution >= 4 is 24.4 Å². The van der Waals surface area contributed by atoms with Gasteiger partial charge in [0.1, 0.15) is 24.4 Å². The van der Waals surface area contributed by atoms with Gasteiger partial charge in [0.25, 0.3) is 0 Å². The van der Waals surface area contributed by atoms with Crippen LogP contribution in [0, 0.1) is 17.8 Å². The molecular formula is C30H47NO11. The van der Waals surface area contributed by atoms with Gasteiger partial charge in [-0.15, -0.1) is 0 Å². The van der Waals surface area contributed by atoms with Crippen LogP contribution in [0.3, 0.4) is 0 Å². The van der Waals surface area contributed by atoms with E-state index in [1.807, 2.05) is 41.5 Å². The molecule has 0 heterocycles. The fourth-order valence-corrected chi connectivity index (χ4v) is 3.05. The van der Waals surface area contributed by atoms with Gasteiger partial charge < -0.3 is 38.5 Å². The Labute approximate surface area is 248 Å². The number of hydrogen-bond acceptors (Lipinski definition) is 12. The van der Waals surface area contributed by atoms with Crippen molar-refractivity contribution in [3.63, 3.8) is 0 Å². The molecule has 1 rings (SSSR count). The Morgan fingerprint density at radius 1 is 0.738 bits per heavy atom. The summed E-state index contributed by atoms with van der Waals surface area (Å²) in [5.41, 5.74) is 0.541. The maximum atomic E-state index is 12.5. The van der Waals surface area contributed by atoms with Gasteiger partial charge in [-0.3, -0.25) is 4.79 Å². The molecule has 3 unspecified atom stereocenters. The van der Waals surface area contributed by atoms with E-state index in [9.17, 15) is 19.2 Å². The van der Waals surface area contributed by atoms with Gasteiger partial charge in [0.15, 0.2) is 11.5 Å². The van der Waals surface area contributed by atoms with Crippen LogP contribution in [0.2, 0.25) is 0 Å². The summed E-state index contributed by atoms with van der Waals surface area (Å²) in [7, 11) is 1.25. The van der Waals surface area contributed by atoms with Gasteiger partial charge in [0, 0.05) is 6.54 Å². The quantitative estimate of drug-likeness (QED) is 0.151. The van der Waals surface area contributed by atoms with E-state index < -0.39 is 48.8 Å². The monoisotopic (exact) mass is 597 g/mol. The molecule has 0 aliphatic carbocycles. The lowest BCUT2D eigenvalue weighted by Crippen LogP contribution is -2.43. The smallest absolute Gasteiger partial charge is 0.468 e. The number of rotatable bonds is 15. The summed E-state index contributed by atoms with van der Waals surface area (Å²) in [6, 6.07) is 3.63. The zero-order valence-corrected chi connectivity index (χ0v) is 26.4. The van der Waals surface area contributed by atoms with Crippen molar-refractivity contribution < 1.29 is 52.3 Å². The molecular weight excluding hydrogens is 550 g/mol. The second-order valence-electron chi connectivity index (χ2n) is 11.2. The minimum Gasteiger partial charge on any atom is -0.468 e. The van der Waals surface area contributed by atoms with Crippen molar-refractivity contribution in [3.8, 4) is 11.5 Å². The van der Waals surface area contributed by atoms with Crippen LogP contribution < -0.4 is 14.8 Å². The van der Waals surface area contributed by atoms with E-state index in [0.29, 0.717) is 5.56 Å². The fraction of sp³-hybridized carbons (Fsp3) is 0.667. The molecule has 0 aliphatic heterocycles. The number of esters is 1. The third-order valence-electron chi connectivity index (χ3n) is 6.25. The normalized spacial score (nSPS) is 14.0. The second-order valence-corrected chi connectivity index (χ2v) is 11.2. The highest BCUT2D eigenvalue weighted by Crippen LogP contribution is 2.30. The van der Waals surface area contributed by atoms with Crippen LogP contribution in [-0.4, -0.2) is 69.1 Å². The number of hydrogen-bond donors (Lipinski definition) is 1. The summed E-state index contributed by atoms with van der Waals surface area (Å²) in [5.74, 6) is -0.472. The maximum absolute atomic E-state index is 12.5. The number of nitrogens with one attached hydrogen (secondary N) is 1. The van der Waals surface area contributed by atoms with E-state index in [1.54, 1.807) is 26.8 Å². The minimum absolute atomic E-state index is 0.0439. The van der Waals surface area contributed by atoms with E-state index in [2.05, 4.69) is 5.32 Å². The standard InChI is InChI=1S/C30H47NO11/c1-17(2)16-37-28(33)38-20(7)15-31-24(27(32)36-10)13-23-11-12-25(41-29(34)39-21(8)18(3)4)26(14-23)42-30(35)40-22(9)19(5)6/h11-12,14,17-22,24,31H,13,15-16H2,1-10H3/t20?,21?,22?,24-/m0/s1. The molecule has 0 bridgehead atoms. The summed E-state index contributed by atoms with van der Waals surface area (Å²) >= 11 is 0. The summed E-state index contributed by atoms with van der Waals surface area (Å²) in [4.78, 5) is 49.3. The highest BCUT2D eigenvalue weighted by atomic mass is 16.8. The predicted octanol–water partition coefficient (Wildman–Crippen LogP) is 5.68. The first kappa shape index (κ1) is 36.5. The molecule has 0 spiro atoms. The Hall–Kier alpha value is -3.54. The molecule has 12 heteroatoms. The molecule has 0 aromatic heterocycles. The molecule has 0 radical (unpaired) electrons. The molecule has 0 fully saturated rings. The molecule has 42 heavy (non-hydrogen) atoms. The number of methoxy groups -OCH3 is 1. The number of ether oxygens (including phenoxy) is 7. The molecule has 0 saturated carbocycles. The van der Waals surface area contributed by atoms with Gasteiger partial charge in [-0.05, 0) is 62.6 Å². The molecule has 238 valence electrons. The van der Waals surface area contributed by atoms with Crippen LogP contribution in [-0.2, 0) is 34.9 Å². The first-order valence-electron chi connectivity index (χ1n) is 14.2. The van der Waals surface area contributed by atoms with Crippen molar-refractivity contribution in [3.05, 3.63) is 23.8 Å². The Kier molecular flexibility index (Phi) is 15.7. The molecule has 0 saturated heterocycles. The van der Waals surface area contributed by atoms with Gasteiger partial charge in [-0.25, -0.2) is 14.4 Å². The average Bonchev–Trinajstić information content (AvgIpc) is 2.90. The third kappa shape index (κ3) is 13.9. The highest BCUT2D eigenvalue weighted by molar-refractivity contribution is 5.76. The number of benzene rings is 1. The molecule has 4 atom stereocenters. The van der Waals surface area contributed by atoms with E-state index in [0.717, 1.165) is 0 Å². The molecule has 1 aromatic rings. The minimum atomic E-state index is -0.986.